The number of nitrogens with one attached hydrogen (secondary N) is 1. The van der Waals surface area contributed by atoms with Crippen LogP contribution in [0.15, 0.2) is 42.7 Å². The molecule has 0 aliphatic heterocycles. The van der Waals surface area contributed by atoms with Gasteiger partial charge in [0.2, 0.25) is 0 Å². The maximum absolute atomic E-state index is 12.7. The Morgan fingerprint density at radius 2 is 1.58 bits per heavy atom. The standard InChI is InChI=1S/C27H40N2O3.HI/c1-4-6-7-8-9-10-11-12-20-32-24-13-14-25(26(21-24)31-3)27(30)28-22-23-15-18-29(17-5-2)19-16-23;/h13-16,18-19,21H,4-12,17,20,22H2,1-3H3;1H. The van der Waals surface area contributed by atoms with Gasteiger partial charge in [-0.2, -0.15) is 0 Å². The van der Waals surface area contributed by atoms with E-state index in [1.165, 1.54) is 44.9 Å². The molecule has 1 aromatic heterocycles. The van der Waals surface area contributed by atoms with Crippen LogP contribution in [0.3, 0.4) is 0 Å². The van der Waals surface area contributed by atoms with Gasteiger partial charge >= 0.3 is 0 Å². The van der Waals surface area contributed by atoms with E-state index in [9.17, 15) is 4.79 Å². The smallest absolute Gasteiger partial charge is 0.255 e. The molecule has 0 aliphatic carbocycles. The number of ether oxygens (including phenoxy) is 2. The van der Waals surface area contributed by atoms with Crippen LogP contribution in [0.2, 0.25) is 0 Å². The second kappa shape index (κ2) is 17.6. The molecule has 6 heteroatoms. The van der Waals surface area contributed by atoms with Crippen LogP contribution in [0.1, 0.15) is 87.6 Å². The Hall–Kier alpha value is -1.83. The van der Waals surface area contributed by atoms with E-state index in [0.717, 1.165) is 30.7 Å². The molecule has 5 nitrogen and oxygen atoms in total. The monoisotopic (exact) mass is 568 g/mol. The maximum atomic E-state index is 12.7. The Morgan fingerprint density at radius 1 is 0.909 bits per heavy atom. The molecule has 0 spiro atoms. The molecule has 0 bridgehead atoms. The van der Waals surface area contributed by atoms with E-state index in [0.29, 0.717) is 24.5 Å². The number of hydrogen-bond donors (Lipinski definition) is 1. The SMILES string of the molecule is CCCCCCCCCCOc1ccc(C(=O)NCc2cc[n+](CCC)cc2)c(OC)c1.[I-]. The van der Waals surface area contributed by atoms with Gasteiger partial charge in [0, 0.05) is 31.2 Å². The van der Waals surface area contributed by atoms with Crippen molar-refractivity contribution in [2.24, 2.45) is 0 Å². The fourth-order valence-electron chi connectivity index (χ4n) is 3.67. The van der Waals surface area contributed by atoms with E-state index in [4.69, 9.17) is 9.47 Å². The van der Waals surface area contributed by atoms with E-state index in [1.807, 2.05) is 30.6 Å². The lowest BCUT2D eigenvalue weighted by atomic mass is 10.1. The number of unbranched alkanes of at least 4 members (excludes halogenated alkanes) is 7. The normalized spacial score (nSPS) is 10.4. The summed E-state index contributed by atoms with van der Waals surface area (Å²) in [7, 11) is 1.58. The van der Waals surface area contributed by atoms with Crippen LogP contribution in [-0.2, 0) is 13.1 Å². The predicted octanol–water partition coefficient (Wildman–Crippen LogP) is 2.85. The summed E-state index contributed by atoms with van der Waals surface area (Å²) in [6, 6.07) is 9.50. The van der Waals surface area contributed by atoms with E-state index in [1.54, 1.807) is 19.2 Å². The summed E-state index contributed by atoms with van der Waals surface area (Å²) < 4.78 is 13.5. The highest BCUT2D eigenvalue weighted by molar-refractivity contribution is 5.97. The third kappa shape index (κ3) is 11.2. The number of nitrogens with zero attached hydrogens (tertiary/aromatic N) is 1. The summed E-state index contributed by atoms with van der Waals surface area (Å²) in [5, 5.41) is 2.98. The molecule has 1 amide bonds. The zero-order chi connectivity index (χ0) is 23.0. The number of hydrogen-bond acceptors (Lipinski definition) is 3. The Morgan fingerprint density at radius 3 is 2.21 bits per heavy atom. The van der Waals surface area contributed by atoms with Gasteiger partial charge in [-0.05, 0) is 24.1 Å². The van der Waals surface area contributed by atoms with Gasteiger partial charge in [0.05, 0.1) is 19.3 Å². The molecule has 2 aromatic rings. The average molecular weight is 569 g/mol. The largest absolute Gasteiger partial charge is 1.00 e. The molecule has 0 aliphatic rings. The fraction of sp³-hybridized carbons (Fsp3) is 0.556. The van der Waals surface area contributed by atoms with Crippen molar-refractivity contribution in [1.29, 1.82) is 0 Å². The number of amides is 1. The van der Waals surface area contributed by atoms with Gasteiger partial charge < -0.3 is 38.8 Å². The zero-order valence-corrected chi connectivity index (χ0v) is 22.7. The van der Waals surface area contributed by atoms with Crippen LogP contribution in [0.25, 0.3) is 0 Å². The first kappa shape index (κ1) is 29.2. The van der Waals surface area contributed by atoms with Crippen LogP contribution >= 0.6 is 0 Å². The highest BCUT2D eigenvalue weighted by Crippen LogP contribution is 2.25. The topological polar surface area (TPSA) is 51.4 Å². The minimum atomic E-state index is -0.151. The number of pyridine rings is 1. The molecule has 0 saturated carbocycles. The first-order valence-electron chi connectivity index (χ1n) is 12.2. The number of aryl methyl sites for hydroxylation is 1. The molecule has 1 heterocycles. The van der Waals surface area contributed by atoms with Crippen molar-refractivity contribution in [3.63, 3.8) is 0 Å². The number of methoxy groups -OCH3 is 1. The molecule has 0 atom stereocenters. The van der Waals surface area contributed by atoms with Gasteiger partial charge in [0.25, 0.3) is 5.91 Å². The van der Waals surface area contributed by atoms with Gasteiger partial charge in [-0.25, -0.2) is 4.57 Å². The quantitative estimate of drug-likeness (QED) is 0.193. The van der Waals surface area contributed by atoms with E-state index >= 15 is 0 Å². The lowest BCUT2D eigenvalue weighted by Crippen LogP contribution is -3.00. The van der Waals surface area contributed by atoms with Gasteiger partial charge in [-0.3, -0.25) is 4.79 Å². The van der Waals surface area contributed by atoms with E-state index in [2.05, 4.69) is 23.7 Å². The number of halogens is 1. The average Bonchev–Trinajstić information content (AvgIpc) is 2.82. The van der Waals surface area contributed by atoms with Crippen molar-refractivity contribution >= 4 is 5.91 Å². The molecular formula is C27H41IN2O3. The second-order valence-corrected chi connectivity index (χ2v) is 8.31. The zero-order valence-electron chi connectivity index (χ0n) is 20.6. The van der Waals surface area contributed by atoms with E-state index in [-0.39, 0.29) is 29.9 Å². The number of benzene rings is 1. The van der Waals surface area contributed by atoms with Gasteiger partial charge in [-0.1, -0.05) is 58.8 Å². The lowest BCUT2D eigenvalue weighted by molar-refractivity contribution is -0.697. The first-order valence-corrected chi connectivity index (χ1v) is 12.2. The van der Waals surface area contributed by atoms with Crippen molar-refractivity contribution in [2.75, 3.05) is 13.7 Å². The fourth-order valence-corrected chi connectivity index (χ4v) is 3.67. The second-order valence-electron chi connectivity index (χ2n) is 8.31. The summed E-state index contributed by atoms with van der Waals surface area (Å²) in [5.41, 5.74) is 1.58. The summed E-state index contributed by atoms with van der Waals surface area (Å²) in [5.74, 6) is 1.12. The number of carbonyl (C=O) groups is 1. The Bertz CT molecular complexity index is 796. The van der Waals surface area contributed by atoms with Crippen molar-refractivity contribution in [3.05, 3.63) is 53.9 Å². The van der Waals surface area contributed by atoms with Crippen molar-refractivity contribution in [3.8, 4) is 11.5 Å². The molecular weight excluding hydrogens is 527 g/mol. The molecule has 0 radical (unpaired) electrons. The van der Waals surface area contributed by atoms with Crippen LogP contribution < -0.4 is 43.3 Å². The lowest BCUT2D eigenvalue weighted by Gasteiger charge is -2.12. The van der Waals surface area contributed by atoms with Crippen LogP contribution in [0.4, 0.5) is 0 Å². The summed E-state index contributed by atoms with van der Waals surface area (Å²) in [6.07, 6.45) is 15.4. The Kier molecular flexibility index (Phi) is 15.6. The molecule has 184 valence electrons. The van der Waals surface area contributed by atoms with Gasteiger partial charge in [0.15, 0.2) is 12.4 Å². The van der Waals surface area contributed by atoms with Gasteiger partial charge in [0.1, 0.15) is 18.0 Å². The first-order chi connectivity index (χ1) is 15.7. The molecule has 1 aromatic carbocycles. The minimum absolute atomic E-state index is 0. The van der Waals surface area contributed by atoms with Crippen molar-refractivity contribution < 1.29 is 42.8 Å². The highest BCUT2D eigenvalue weighted by atomic mass is 127. The molecule has 0 unspecified atom stereocenters. The number of carbonyl (C=O) groups excluding carboxylic acids is 1. The van der Waals surface area contributed by atoms with Crippen molar-refractivity contribution in [1.82, 2.24) is 5.32 Å². The predicted molar refractivity (Wildman–Crippen MR) is 129 cm³/mol. The van der Waals surface area contributed by atoms with Crippen LogP contribution in [-0.4, -0.2) is 19.6 Å². The molecule has 1 N–H and O–H groups in total. The molecule has 0 fully saturated rings. The van der Waals surface area contributed by atoms with Crippen molar-refractivity contribution in [2.45, 2.75) is 84.7 Å². The molecule has 2 rings (SSSR count). The maximum Gasteiger partial charge on any atom is 0.255 e. The summed E-state index contributed by atoms with van der Waals surface area (Å²) >= 11 is 0. The molecule has 0 saturated heterocycles. The summed E-state index contributed by atoms with van der Waals surface area (Å²) in [6.45, 7) is 6.57. The Balaban J connectivity index is 0.00000544. The number of aromatic nitrogens is 1. The minimum Gasteiger partial charge on any atom is -1.00 e. The van der Waals surface area contributed by atoms with E-state index < -0.39 is 0 Å². The number of rotatable bonds is 16. The molecule has 33 heavy (non-hydrogen) atoms. The Labute approximate surface area is 217 Å². The van der Waals surface area contributed by atoms with Crippen LogP contribution in [0.5, 0.6) is 11.5 Å². The third-order valence-electron chi connectivity index (χ3n) is 5.58. The van der Waals surface area contributed by atoms with Gasteiger partial charge in [-0.15, -0.1) is 0 Å². The summed E-state index contributed by atoms with van der Waals surface area (Å²) in [4.78, 5) is 12.7. The van der Waals surface area contributed by atoms with Crippen LogP contribution in [0, 0.1) is 0 Å². The third-order valence-corrected chi connectivity index (χ3v) is 5.58. The highest BCUT2D eigenvalue weighted by Gasteiger charge is 2.13.